The molecule has 2 heterocycles. The van der Waals surface area contributed by atoms with Gasteiger partial charge in [0.1, 0.15) is 11.6 Å². The van der Waals surface area contributed by atoms with Crippen molar-refractivity contribution in [3.63, 3.8) is 0 Å². The van der Waals surface area contributed by atoms with Gasteiger partial charge in [-0.15, -0.1) is 0 Å². The van der Waals surface area contributed by atoms with Crippen molar-refractivity contribution in [1.29, 1.82) is 0 Å². The Morgan fingerprint density at radius 2 is 2.27 bits per heavy atom. The Labute approximate surface area is 153 Å². The number of hydrogen-bond acceptors (Lipinski definition) is 3. The molecule has 1 aliphatic heterocycles. The van der Waals surface area contributed by atoms with Crippen molar-refractivity contribution in [2.75, 3.05) is 20.4 Å². The highest BCUT2D eigenvalue weighted by Gasteiger charge is 2.17. The zero-order valence-corrected chi connectivity index (χ0v) is 15.5. The van der Waals surface area contributed by atoms with Crippen LogP contribution >= 0.6 is 0 Å². The van der Waals surface area contributed by atoms with E-state index < -0.39 is 0 Å². The molecule has 0 saturated heterocycles. The first-order chi connectivity index (χ1) is 12.6. The predicted octanol–water partition coefficient (Wildman–Crippen LogP) is 2.63. The molecule has 0 bridgehead atoms. The number of nitrogens with one attached hydrogen (secondary N) is 1. The Balaban J connectivity index is 1.79. The van der Waals surface area contributed by atoms with Crippen LogP contribution in [0.25, 0.3) is 0 Å². The van der Waals surface area contributed by atoms with E-state index in [9.17, 15) is 4.39 Å². The molecule has 1 N–H and O–H groups in total. The van der Waals surface area contributed by atoms with E-state index in [0.29, 0.717) is 18.9 Å². The minimum Gasteiger partial charge on any atom is -0.467 e. The van der Waals surface area contributed by atoms with E-state index in [1.807, 2.05) is 33.3 Å². The first-order valence-corrected chi connectivity index (χ1v) is 8.70. The van der Waals surface area contributed by atoms with Gasteiger partial charge in [-0.25, -0.2) is 9.38 Å². The van der Waals surface area contributed by atoms with Gasteiger partial charge >= 0.3 is 0 Å². The number of aryl methyl sites for hydroxylation is 1. The quantitative estimate of drug-likeness (QED) is 0.658. The second-order valence-corrected chi connectivity index (χ2v) is 6.30. The van der Waals surface area contributed by atoms with Crippen LogP contribution in [0.5, 0.6) is 5.75 Å². The first kappa shape index (κ1) is 18.3. The van der Waals surface area contributed by atoms with E-state index in [4.69, 9.17) is 9.47 Å². The van der Waals surface area contributed by atoms with Gasteiger partial charge < -0.3 is 24.3 Å². The lowest BCUT2D eigenvalue weighted by molar-refractivity contribution is -0.0172. The Morgan fingerprint density at radius 1 is 1.42 bits per heavy atom. The topological polar surface area (TPSA) is 51.0 Å². The third-order valence-corrected chi connectivity index (χ3v) is 4.30. The van der Waals surface area contributed by atoms with Crippen molar-refractivity contribution in [2.45, 2.75) is 26.6 Å². The maximum atomic E-state index is 13.9. The van der Waals surface area contributed by atoms with Crippen molar-refractivity contribution < 1.29 is 13.9 Å². The highest BCUT2D eigenvalue weighted by atomic mass is 19.1. The Hall–Kier alpha value is -2.54. The van der Waals surface area contributed by atoms with Gasteiger partial charge in [-0.1, -0.05) is 0 Å². The summed E-state index contributed by atoms with van der Waals surface area (Å²) in [7, 11) is 4.01. The van der Waals surface area contributed by atoms with Gasteiger partial charge in [0.25, 0.3) is 0 Å². The van der Waals surface area contributed by atoms with Crippen LogP contribution in [0.3, 0.4) is 0 Å². The molecule has 1 aromatic carbocycles. The fourth-order valence-corrected chi connectivity index (χ4v) is 2.98. The van der Waals surface area contributed by atoms with Crippen LogP contribution in [0, 0.1) is 5.82 Å². The summed E-state index contributed by atoms with van der Waals surface area (Å²) < 4.78 is 26.8. The lowest BCUT2D eigenvalue weighted by Gasteiger charge is -2.23. The lowest BCUT2D eigenvalue weighted by atomic mass is 10.1. The fraction of sp³-hybridized carbons (Fsp3) is 0.421. The molecule has 140 valence electrons. The summed E-state index contributed by atoms with van der Waals surface area (Å²) in [5.41, 5.74) is 2.64. The molecule has 0 fully saturated rings. The largest absolute Gasteiger partial charge is 0.467 e. The molecule has 7 heteroatoms. The van der Waals surface area contributed by atoms with Crippen LogP contribution in [-0.2, 0) is 31.5 Å². The molecule has 0 unspecified atom stereocenters. The number of hydrogen-bond donors (Lipinski definition) is 1. The van der Waals surface area contributed by atoms with Crippen LogP contribution in [0.15, 0.2) is 35.5 Å². The van der Waals surface area contributed by atoms with Gasteiger partial charge in [-0.2, -0.15) is 0 Å². The highest BCUT2D eigenvalue weighted by molar-refractivity contribution is 5.79. The Bertz CT molecular complexity index is 788. The number of fused-ring (bicyclic) bond motifs is 1. The maximum Gasteiger partial charge on any atom is 0.194 e. The van der Waals surface area contributed by atoms with Gasteiger partial charge in [0.2, 0.25) is 0 Å². The van der Waals surface area contributed by atoms with Gasteiger partial charge in [0, 0.05) is 43.7 Å². The summed E-state index contributed by atoms with van der Waals surface area (Å²) in [5.74, 6) is 1.14. The molecule has 1 aromatic heterocycles. The monoisotopic (exact) mass is 360 g/mol. The zero-order valence-electron chi connectivity index (χ0n) is 15.5. The van der Waals surface area contributed by atoms with E-state index in [1.54, 1.807) is 0 Å². The second kappa shape index (κ2) is 8.23. The number of ether oxygens (including phenoxy) is 2. The van der Waals surface area contributed by atoms with Crippen molar-refractivity contribution in [2.24, 2.45) is 12.0 Å². The number of aliphatic imine (C=N–C) groups is 1. The standard InChI is InChI=1S/C19H25FN4O2/c1-4-21-19(24(3)11-17-6-5-7-23(17)2)22-10-14-8-16(20)9-15-12-25-13-26-18(14)15/h5-9H,4,10-13H2,1-3H3,(H,21,22). The molecule has 0 spiro atoms. The molecule has 0 atom stereocenters. The smallest absolute Gasteiger partial charge is 0.194 e. The minimum absolute atomic E-state index is 0.183. The number of benzene rings is 1. The predicted molar refractivity (Wildman–Crippen MR) is 98.4 cm³/mol. The van der Waals surface area contributed by atoms with Crippen molar-refractivity contribution >= 4 is 5.96 Å². The van der Waals surface area contributed by atoms with E-state index in [2.05, 4.69) is 25.8 Å². The highest BCUT2D eigenvalue weighted by Crippen LogP contribution is 2.30. The summed E-state index contributed by atoms with van der Waals surface area (Å²) >= 11 is 0. The molecular formula is C19H25FN4O2. The van der Waals surface area contributed by atoms with E-state index >= 15 is 0 Å². The number of aromatic nitrogens is 1. The van der Waals surface area contributed by atoms with E-state index in [0.717, 1.165) is 30.2 Å². The van der Waals surface area contributed by atoms with Gasteiger partial charge in [0.15, 0.2) is 12.8 Å². The molecule has 6 nitrogen and oxygen atoms in total. The number of guanidine groups is 1. The summed E-state index contributed by atoms with van der Waals surface area (Å²) in [5, 5.41) is 3.29. The van der Waals surface area contributed by atoms with E-state index in [-0.39, 0.29) is 12.6 Å². The van der Waals surface area contributed by atoms with E-state index in [1.165, 1.54) is 17.8 Å². The van der Waals surface area contributed by atoms with Crippen molar-refractivity contribution in [3.05, 3.63) is 53.1 Å². The molecule has 2 aromatic rings. The molecule has 3 rings (SSSR count). The van der Waals surface area contributed by atoms with Crippen molar-refractivity contribution in [3.8, 4) is 5.75 Å². The Kier molecular flexibility index (Phi) is 5.78. The molecule has 0 saturated carbocycles. The normalized spacial score (nSPS) is 13.9. The molecular weight excluding hydrogens is 335 g/mol. The van der Waals surface area contributed by atoms with Crippen LogP contribution in [0.1, 0.15) is 23.7 Å². The third kappa shape index (κ3) is 4.16. The van der Waals surface area contributed by atoms with Gasteiger partial charge in [0.05, 0.1) is 19.7 Å². The molecule has 0 radical (unpaired) electrons. The van der Waals surface area contributed by atoms with Crippen LogP contribution in [0.2, 0.25) is 0 Å². The van der Waals surface area contributed by atoms with Gasteiger partial charge in [-0.3, -0.25) is 0 Å². The average Bonchev–Trinajstić information content (AvgIpc) is 3.02. The Morgan fingerprint density at radius 3 is 3.00 bits per heavy atom. The van der Waals surface area contributed by atoms with Crippen LogP contribution in [-0.4, -0.2) is 35.8 Å². The molecule has 0 amide bonds. The molecule has 1 aliphatic rings. The number of rotatable bonds is 5. The summed E-state index contributed by atoms with van der Waals surface area (Å²) in [6, 6.07) is 7.03. The summed E-state index contributed by atoms with van der Waals surface area (Å²) in [4.78, 5) is 6.73. The maximum absolute atomic E-state index is 13.9. The zero-order chi connectivity index (χ0) is 18.5. The molecule has 26 heavy (non-hydrogen) atoms. The summed E-state index contributed by atoms with van der Waals surface area (Å²) in [6.07, 6.45) is 2.02. The fourth-order valence-electron chi connectivity index (χ4n) is 2.98. The minimum atomic E-state index is -0.301. The SMILES string of the molecule is CCNC(=NCc1cc(F)cc2c1OCOC2)N(C)Cc1cccn1C. The number of halogens is 1. The van der Waals surface area contributed by atoms with Crippen LogP contribution < -0.4 is 10.1 Å². The first-order valence-electron chi connectivity index (χ1n) is 8.70. The summed E-state index contributed by atoms with van der Waals surface area (Å²) in [6.45, 7) is 4.37. The molecule has 0 aliphatic carbocycles. The lowest BCUT2D eigenvalue weighted by Crippen LogP contribution is -2.38. The second-order valence-electron chi connectivity index (χ2n) is 6.30. The average molecular weight is 360 g/mol. The third-order valence-electron chi connectivity index (χ3n) is 4.30. The van der Waals surface area contributed by atoms with Crippen molar-refractivity contribution in [1.82, 2.24) is 14.8 Å². The van der Waals surface area contributed by atoms with Gasteiger partial charge in [-0.05, 0) is 31.2 Å². The van der Waals surface area contributed by atoms with Crippen LogP contribution in [0.4, 0.5) is 4.39 Å². The number of nitrogens with zero attached hydrogens (tertiary/aromatic N) is 3.